The average Bonchev–Trinajstić information content (AvgIpc) is 2.49. The van der Waals surface area contributed by atoms with Gasteiger partial charge in [-0.05, 0) is 30.5 Å². The molecule has 1 aliphatic heterocycles. The Morgan fingerprint density at radius 1 is 1.33 bits per heavy atom. The largest absolute Gasteiger partial charge is 0.493 e. The summed E-state index contributed by atoms with van der Waals surface area (Å²) in [4.78, 5) is 0. The van der Waals surface area contributed by atoms with Gasteiger partial charge >= 0.3 is 0 Å². The lowest BCUT2D eigenvalue weighted by molar-refractivity contribution is 0.163. The Labute approximate surface area is 112 Å². The second-order valence-electron chi connectivity index (χ2n) is 4.69. The van der Waals surface area contributed by atoms with E-state index in [4.69, 9.17) is 9.47 Å². The Hall–Kier alpha value is -0.870. The number of fused-ring (bicyclic) bond motifs is 1. The third kappa shape index (κ3) is 2.31. The van der Waals surface area contributed by atoms with E-state index in [0.717, 1.165) is 23.3 Å². The van der Waals surface area contributed by atoms with Crippen molar-refractivity contribution >= 4 is 11.8 Å². The quantitative estimate of drug-likeness (QED) is 0.894. The third-order valence-corrected chi connectivity index (χ3v) is 4.66. The van der Waals surface area contributed by atoms with E-state index in [0.29, 0.717) is 16.7 Å². The van der Waals surface area contributed by atoms with Gasteiger partial charge in [-0.2, -0.15) is 11.8 Å². The fourth-order valence-corrected chi connectivity index (χ4v) is 3.62. The van der Waals surface area contributed by atoms with E-state index < -0.39 is 6.10 Å². The Kier molecular flexibility index (Phi) is 4.07. The summed E-state index contributed by atoms with van der Waals surface area (Å²) in [6, 6.07) is 1.99. The number of hydrogen-bond acceptors (Lipinski definition) is 4. The molecular formula is C14H20O3S. The molecule has 4 heteroatoms. The first-order valence-electron chi connectivity index (χ1n) is 6.12. The predicted molar refractivity (Wildman–Crippen MR) is 74.6 cm³/mol. The van der Waals surface area contributed by atoms with Crippen molar-refractivity contribution in [3.05, 3.63) is 22.8 Å². The molecule has 100 valence electrons. The van der Waals surface area contributed by atoms with E-state index in [1.807, 2.05) is 17.8 Å². The highest BCUT2D eigenvalue weighted by molar-refractivity contribution is 7.99. The van der Waals surface area contributed by atoms with Crippen LogP contribution in [-0.2, 0) is 5.75 Å². The van der Waals surface area contributed by atoms with Crippen LogP contribution in [0.5, 0.6) is 11.5 Å². The Morgan fingerprint density at radius 3 is 2.67 bits per heavy atom. The van der Waals surface area contributed by atoms with Crippen molar-refractivity contribution in [2.45, 2.75) is 37.4 Å². The van der Waals surface area contributed by atoms with Crippen molar-refractivity contribution in [3.8, 4) is 11.5 Å². The lowest BCUT2D eigenvalue weighted by Gasteiger charge is -2.20. The van der Waals surface area contributed by atoms with Crippen LogP contribution in [0.3, 0.4) is 0 Å². The highest BCUT2D eigenvalue weighted by Crippen LogP contribution is 2.45. The highest BCUT2D eigenvalue weighted by atomic mass is 32.2. The number of benzene rings is 1. The first kappa shape index (κ1) is 13.6. The second kappa shape index (κ2) is 5.41. The molecule has 1 unspecified atom stereocenters. The molecule has 0 fully saturated rings. The highest BCUT2D eigenvalue weighted by Gasteiger charge is 2.28. The Bertz CT molecular complexity index is 445. The van der Waals surface area contributed by atoms with Crippen molar-refractivity contribution in [1.29, 1.82) is 0 Å². The molecule has 1 aromatic rings. The van der Waals surface area contributed by atoms with Crippen LogP contribution >= 0.6 is 11.8 Å². The second-order valence-corrected chi connectivity index (χ2v) is 6.12. The molecule has 2 rings (SSSR count). The predicted octanol–water partition coefficient (Wildman–Crippen LogP) is 3.07. The van der Waals surface area contributed by atoms with Gasteiger partial charge in [0.15, 0.2) is 11.5 Å². The van der Waals surface area contributed by atoms with Crippen LogP contribution in [0.15, 0.2) is 6.07 Å². The number of aliphatic hydroxyl groups excluding tert-OH is 1. The van der Waals surface area contributed by atoms with Crippen molar-refractivity contribution in [2.24, 2.45) is 0 Å². The Morgan fingerprint density at radius 2 is 2.06 bits per heavy atom. The van der Waals surface area contributed by atoms with Crippen molar-refractivity contribution in [3.63, 3.8) is 0 Å². The number of aliphatic hydroxyl groups is 1. The van der Waals surface area contributed by atoms with Gasteiger partial charge in [0, 0.05) is 16.6 Å². The van der Waals surface area contributed by atoms with Crippen LogP contribution in [0, 0.1) is 6.92 Å². The molecule has 0 amide bonds. The summed E-state index contributed by atoms with van der Waals surface area (Å²) in [5.41, 5.74) is 3.25. The molecule has 0 aliphatic carbocycles. The number of thioether (sulfide) groups is 1. The van der Waals surface area contributed by atoms with Gasteiger partial charge in [0.1, 0.15) is 0 Å². The van der Waals surface area contributed by atoms with Crippen molar-refractivity contribution < 1.29 is 14.6 Å². The zero-order valence-corrected chi connectivity index (χ0v) is 12.1. The molecule has 1 N–H and O–H groups in total. The molecule has 0 radical (unpaired) electrons. The summed E-state index contributed by atoms with van der Waals surface area (Å²) < 4.78 is 10.8. The van der Waals surface area contributed by atoms with E-state index in [1.165, 1.54) is 5.56 Å². The number of ether oxygens (including phenoxy) is 2. The van der Waals surface area contributed by atoms with Crippen LogP contribution in [-0.4, -0.2) is 24.6 Å². The molecular weight excluding hydrogens is 248 g/mol. The fraction of sp³-hybridized carbons (Fsp3) is 0.571. The van der Waals surface area contributed by atoms with Gasteiger partial charge in [0.25, 0.3) is 0 Å². The molecule has 0 aromatic heterocycles. The smallest absolute Gasteiger partial charge is 0.166 e. The van der Waals surface area contributed by atoms with Gasteiger partial charge in [-0.3, -0.25) is 0 Å². The van der Waals surface area contributed by atoms with Crippen molar-refractivity contribution in [1.82, 2.24) is 0 Å². The van der Waals surface area contributed by atoms with Crippen LogP contribution in [0.2, 0.25) is 0 Å². The number of rotatable bonds is 2. The molecule has 18 heavy (non-hydrogen) atoms. The molecule has 2 atom stereocenters. The van der Waals surface area contributed by atoms with E-state index in [-0.39, 0.29) is 0 Å². The van der Waals surface area contributed by atoms with E-state index in [1.54, 1.807) is 14.2 Å². The van der Waals surface area contributed by atoms with Gasteiger partial charge < -0.3 is 14.6 Å². The minimum absolute atomic E-state index is 0.447. The lowest BCUT2D eigenvalue weighted by Crippen LogP contribution is -2.07. The first-order valence-corrected chi connectivity index (χ1v) is 7.17. The summed E-state index contributed by atoms with van der Waals surface area (Å²) in [6.45, 7) is 4.21. The SMILES string of the molecule is COc1cc(C)c2c(c1OC)[C@H](O)CC(C)SC2. The maximum Gasteiger partial charge on any atom is 0.166 e. The van der Waals surface area contributed by atoms with E-state index in [2.05, 4.69) is 13.8 Å². The lowest BCUT2D eigenvalue weighted by atomic mass is 9.95. The molecule has 0 bridgehead atoms. The van der Waals surface area contributed by atoms with Gasteiger partial charge in [-0.1, -0.05) is 6.92 Å². The molecule has 1 aliphatic rings. The molecule has 0 saturated carbocycles. The number of aryl methyl sites for hydroxylation is 1. The summed E-state index contributed by atoms with van der Waals surface area (Å²) in [5, 5.41) is 10.9. The summed E-state index contributed by atoms with van der Waals surface area (Å²) >= 11 is 1.88. The standard InChI is InChI=1S/C14H20O3S/c1-8-5-12(16-3)14(17-4)13-10(8)7-18-9(2)6-11(13)15/h5,9,11,15H,6-7H2,1-4H3/t9?,11-/m1/s1. The Balaban J connectivity index is 2.62. The first-order chi connectivity index (χ1) is 8.58. The number of hydrogen-bond donors (Lipinski definition) is 1. The van der Waals surface area contributed by atoms with Gasteiger partial charge in [0.05, 0.1) is 20.3 Å². The number of methoxy groups -OCH3 is 2. The van der Waals surface area contributed by atoms with Gasteiger partial charge in [-0.15, -0.1) is 0 Å². The molecule has 0 saturated heterocycles. The summed E-state index contributed by atoms with van der Waals surface area (Å²) in [5.74, 6) is 2.30. The van der Waals surface area contributed by atoms with E-state index in [9.17, 15) is 5.11 Å². The molecule has 1 heterocycles. The third-order valence-electron chi connectivity index (χ3n) is 3.44. The molecule has 1 aromatic carbocycles. The zero-order chi connectivity index (χ0) is 13.3. The van der Waals surface area contributed by atoms with Crippen LogP contribution in [0.4, 0.5) is 0 Å². The maximum absolute atomic E-state index is 10.4. The maximum atomic E-state index is 10.4. The fourth-order valence-electron chi connectivity index (χ4n) is 2.46. The van der Waals surface area contributed by atoms with Gasteiger partial charge in [-0.25, -0.2) is 0 Å². The van der Waals surface area contributed by atoms with Crippen LogP contribution in [0.25, 0.3) is 0 Å². The van der Waals surface area contributed by atoms with Gasteiger partial charge in [0.2, 0.25) is 0 Å². The zero-order valence-electron chi connectivity index (χ0n) is 11.3. The molecule has 0 spiro atoms. The van der Waals surface area contributed by atoms with E-state index >= 15 is 0 Å². The normalized spacial score (nSPS) is 23.2. The summed E-state index contributed by atoms with van der Waals surface area (Å²) in [6.07, 6.45) is 0.273. The van der Waals surface area contributed by atoms with Crippen LogP contribution < -0.4 is 9.47 Å². The topological polar surface area (TPSA) is 38.7 Å². The minimum atomic E-state index is -0.478. The molecule has 3 nitrogen and oxygen atoms in total. The monoisotopic (exact) mass is 268 g/mol. The van der Waals surface area contributed by atoms with Crippen molar-refractivity contribution in [2.75, 3.05) is 14.2 Å². The summed E-state index contributed by atoms with van der Waals surface area (Å²) in [7, 11) is 3.26. The van der Waals surface area contributed by atoms with Crippen LogP contribution in [0.1, 0.15) is 36.1 Å². The minimum Gasteiger partial charge on any atom is -0.493 e. The average molecular weight is 268 g/mol.